The molecule has 19 heavy (non-hydrogen) atoms. The van der Waals surface area contributed by atoms with E-state index < -0.39 is 11.7 Å². The van der Waals surface area contributed by atoms with Crippen molar-refractivity contribution in [3.05, 3.63) is 28.4 Å². The van der Waals surface area contributed by atoms with Crippen molar-refractivity contribution in [2.24, 2.45) is 0 Å². The minimum absolute atomic E-state index is 0.0127. The molecular weight excluding hydrogens is 250 g/mol. The van der Waals surface area contributed by atoms with Crippen LogP contribution >= 0.6 is 0 Å². The van der Waals surface area contributed by atoms with Crippen LogP contribution in [0, 0.1) is 0 Å². The number of carboxylic acid groups (broad SMARTS) is 1. The number of nitrogens with one attached hydrogen (secondary N) is 1. The van der Waals surface area contributed by atoms with Crippen molar-refractivity contribution in [1.29, 1.82) is 0 Å². The number of hydrogen-bond donors (Lipinski definition) is 2. The molecule has 7 heteroatoms. The maximum absolute atomic E-state index is 12.0. The maximum atomic E-state index is 12.0. The Morgan fingerprint density at radius 1 is 1.47 bits per heavy atom. The van der Waals surface area contributed by atoms with E-state index in [1.165, 1.54) is 6.20 Å². The van der Waals surface area contributed by atoms with Crippen LogP contribution in [0.1, 0.15) is 37.4 Å². The van der Waals surface area contributed by atoms with Gasteiger partial charge < -0.3 is 15.0 Å². The molecule has 0 bridgehead atoms. The smallest absolute Gasteiger partial charge is 0.345 e. The first-order valence-corrected chi connectivity index (χ1v) is 6.14. The van der Waals surface area contributed by atoms with Crippen molar-refractivity contribution in [3.63, 3.8) is 0 Å². The third-order valence-electron chi connectivity index (χ3n) is 3.18. The Labute approximate surface area is 109 Å². The highest BCUT2D eigenvalue weighted by atomic mass is 16.4. The fraction of sp³-hybridized carbons (Fsp3) is 0.500. The van der Waals surface area contributed by atoms with E-state index >= 15 is 0 Å². The number of carbonyl (C=O) groups is 2. The summed E-state index contributed by atoms with van der Waals surface area (Å²) in [5.74, 6) is -1.18. The van der Waals surface area contributed by atoms with Gasteiger partial charge in [-0.2, -0.15) is 0 Å². The Morgan fingerprint density at radius 3 is 2.95 bits per heavy atom. The number of carbonyl (C=O) groups excluding carboxylic acids is 1. The van der Waals surface area contributed by atoms with Gasteiger partial charge in [0.1, 0.15) is 0 Å². The lowest BCUT2D eigenvalue weighted by Crippen LogP contribution is -2.32. The summed E-state index contributed by atoms with van der Waals surface area (Å²) in [7, 11) is 0. The molecule has 2 N–H and O–H groups in total. The minimum atomic E-state index is -0.985. The Bertz CT molecular complexity index is 540. The molecule has 1 aliphatic rings. The van der Waals surface area contributed by atoms with Gasteiger partial charge in [0, 0.05) is 24.9 Å². The number of H-pyrrole nitrogens is 1. The Kier molecular flexibility index (Phi) is 3.94. The highest BCUT2D eigenvalue weighted by molar-refractivity contribution is 5.81. The molecule has 2 heterocycles. The Morgan fingerprint density at radius 2 is 2.26 bits per heavy atom. The molecule has 0 aromatic carbocycles. The highest BCUT2D eigenvalue weighted by Crippen LogP contribution is 2.30. The lowest BCUT2D eigenvalue weighted by atomic mass is 10.1. The lowest BCUT2D eigenvalue weighted by Gasteiger charge is -2.24. The van der Waals surface area contributed by atoms with E-state index in [0.29, 0.717) is 12.2 Å². The molecule has 1 saturated heterocycles. The molecule has 1 aliphatic heterocycles. The third kappa shape index (κ3) is 3.18. The zero-order chi connectivity index (χ0) is 13.8. The molecule has 2 rings (SSSR count). The van der Waals surface area contributed by atoms with Crippen molar-refractivity contribution in [3.8, 4) is 0 Å². The van der Waals surface area contributed by atoms with Crippen LogP contribution in [0.5, 0.6) is 0 Å². The number of rotatable bonds is 4. The fourth-order valence-electron chi connectivity index (χ4n) is 2.32. The number of amides is 1. The van der Waals surface area contributed by atoms with Gasteiger partial charge in [0.2, 0.25) is 5.91 Å². The second-order valence-corrected chi connectivity index (χ2v) is 4.47. The van der Waals surface area contributed by atoms with E-state index in [9.17, 15) is 14.4 Å². The van der Waals surface area contributed by atoms with Gasteiger partial charge in [0.15, 0.2) is 0 Å². The molecule has 0 unspecified atom stereocenters. The van der Waals surface area contributed by atoms with Crippen molar-refractivity contribution < 1.29 is 14.7 Å². The van der Waals surface area contributed by atoms with E-state index in [1.807, 2.05) is 0 Å². The summed E-state index contributed by atoms with van der Waals surface area (Å²) in [4.78, 5) is 41.5. The number of hydrogen-bond acceptors (Lipinski definition) is 4. The first-order valence-electron chi connectivity index (χ1n) is 6.14. The summed E-state index contributed by atoms with van der Waals surface area (Å²) in [5, 5.41) is 8.60. The van der Waals surface area contributed by atoms with Crippen LogP contribution in [-0.4, -0.2) is 38.4 Å². The maximum Gasteiger partial charge on any atom is 0.345 e. The summed E-state index contributed by atoms with van der Waals surface area (Å²) < 4.78 is 0. The van der Waals surface area contributed by atoms with E-state index in [1.54, 1.807) is 11.0 Å². The predicted molar refractivity (Wildman–Crippen MR) is 65.4 cm³/mol. The number of aromatic amines is 1. The SMILES string of the molecule is O=C(O)CCC(=O)N1CCC[C@H]1c1ccnc(=O)[nH]1. The number of carboxylic acids is 1. The quantitative estimate of drug-likeness (QED) is 0.814. The molecule has 7 nitrogen and oxygen atoms in total. The van der Waals surface area contributed by atoms with Crippen LogP contribution in [0.4, 0.5) is 0 Å². The molecule has 1 amide bonds. The van der Waals surface area contributed by atoms with Gasteiger partial charge in [-0.05, 0) is 18.9 Å². The topological polar surface area (TPSA) is 103 Å². The zero-order valence-corrected chi connectivity index (χ0v) is 10.3. The average Bonchev–Trinajstić information content (AvgIpc) is 2.85. The minimum Gasteiger partial charge on any atom is -0.481 e. The summed E-state index contributed by atoms with van der Waals surface area (Å²) in [6, 6.07) is 1.49. The molecule has 1 fully saturated rings. The van der Waals surface area contributed by atoms with Crippen molar-refractivity contribution in [2.75, 3.05) is 6.54 Å². The lowest BCUT2D eigenvalue weighted by molar-refractivity contribution is -0.141. The van der Waals surface area contributed by atoms with Gasteiger partial charge in [-0.1, -0.05) is 0 Å². The summed E-state index contributed by atoms with van der Waals surface area (Å²) in [5.41, 5.74) is 0.212. The second-order valence-electron chi connectivity index (χ2n) is 4.47. The van der Waals surface area contributed by atoms with Gasteiger partial charge in [-0.25, -0.2) is 9.78 Å². The van der Waals surface area contributed by atoms with Gasteiger partial charge in [0.25, 0.3) is 0 Å². The number of aromatic nitrogens is 2. The highest BCUT2D eigenvalue weighted by Gasteiger charge is 2.30. The normalized spacial score (nSPS) is 18.5. The van der Waals surface area contributed by atoms with Gasteiger partial charge in [-0.3, -0.25) is 9.59 Å². The third-order valence-corrected chi connectivity index (χ3v) is 3.18. The van der Waals surface area contributed by atoms with Crippen molar-refractivity contribution in [2.45, 2.75) is 31.7 Å². The monoisotopic (exact) mass is 265 g/mol. The van der Waals surface area contributed by atoms with E-state index in [-0.39, 0.29) is 24.8 Å². The Balaban J connectivity index is 2.10. The molecular formula is C12H15N3O4. The van der Waals surface area contributed by atoms with Gasteiger partial charge in [0.05, 0.1) is 12.5 Å². The summed E-state index contributed by atoms with van der Waals surface area (Å²) >= 11 is 0. The molecule has 1 aromatic rings. The van der Waals surface area contributed by atoms with Crippen LogP contribution < -0.4 is 5.69 Å². The van der Waals surface area contributed by atoms with Crippen molar-refractivity contribution >= 4 is 11.9 Å². The standard InChI is InChI=1S/C12H15N3O4/c16-10(3-4-11(17)18)15-7-1-2-9(15)8-5-6-13-12(19)14-8/h5-6,9H,1-4,7H2,(H,17,18)(H,13,14,19)/t9-/m0/s1. The molecule has 0 radical (unpaired) electrons. The molecule has 1 aromatic heterocycles. The van der Waals surface area contributed by atoms with E-state index in [0.717, 1.165) is 12.8 Å². The van der Waals surface area contributed by atoms with Crippen LogP contribution in [0.25, 0.3) is 0 Å². The van der Waals surface area contributed by atoms with Crippen molar-refractivity contribution in [1.82, 2.24) is 14.9 Å². The van der Waals surface area contributed by atoms with Crippen LogP contribution in [0.3, 0.4) is 0 Å². The molecule has 0 saturated carbocycles. The summed E-state index contributed by atoms with van der Waals surface area (Å²) in [6.07, 6.45) is 2.83. The fourth-order valence-corrected chi connectivity index (χ4v) is 2.32. The first-order chi connectivity index (χ1) is 9.08. The molecule has 0 spiro atoms. The first kappa shape index (κ1) is 13.3. The van der Waals surface area contributed by atoms with Crippen LogP contribution in [0.2, 0.25) is 0 Å². The summed E-state index contributed by atoms with van der Waals surface area (Å²) in [6.45, 7) is 0.591. The molecule has 102 valence electrons. The second kappa shape index (κ2) is 5.64. The van der Waals surface area contributed by atoms with Gasteiger partial charge in [-0.15, -0.1) is 0 Å². The average molecular weight is 265 g/mol. The number of likely N-dealkylation sites (tertiary alicyclic amines) is 1. The Hall–Kier alpha value is -2.18. The van der Waals surface area contributed by atoms with E-state index in [2.05, 4.69) is 9.97 Å². The number of nitrogens with zero attached hydrogens (tertiary/aromatic N) is 2. The van der Waals surface area contributed by atoms with Crippen LogP contribution in [-0.2, 0) is 9.59 Å². The number of aliphatic carboxylic acids is 1. The molecule has 0 aliphatic carbocycles. The molecule has 1 atom stereocenters. The van der Waals surface area contributed by atoms with E-state index in [4.69, 9.17) is 5.11 Å². The largest absolute Gasteiger partial charge is 0.481 e. The zero-order valence-electron chi connectivity index (χ0n) is 10.3. The van der Waals surface area contributed by atoms with Gasteiger partial charge >= 0.3 is 11.7 Å². The van der Waals surface area contributed by atoms with Crippen LogP contribution in [0.15, 0.2) is 17.1 Å². The predicted octanol–water partition coefficient (Wildman–Crippen LogP) is 0.298.